The zero-order chi connectivity index (χ0) is 15.9. The van der Waals surface area contributed by atoms with Crippen LogP contribution in [0, 0.1) is 0 Å². The van der Waals surface area contributed by atoms with E-state index in [4.69, 9.17) is 25.5 Å². The summed E-state index contributed by atoms with van der Waals surface area (Å²) in [5.41, 5.74) is 15.3. The lowest BCUT2D eigenvalue weighted by Crippen LogP contribution is -2.56. The molecule has 1 saturated heterocycles. The number of azide groups is 1. The minimum Gasteiger partial charge on any atom is -0.497 e. The van der Waals surface area contributed by atoms with Crippen molar-refractivity contribution in [2.75, 3.05) is 20.3 Å². The highest BCUT2D eigenvalue weighted by Gasteiger charge is 2.37. The Bertz CT molecular complexity index is 518. The van der Waals surface area contributed by atoms with Gasteiger partial charge >= 0.3 is 0 Å². The average Bonchev–Trinajstić information content (AvgIpc) is 2.54. The Labute approximate surface area is 128 Å². The van der Waals surface area contributed by atoms with Crippen LogP contribution in [0.15, 0.2) is 29.4 Å². The zero-order valence-corrected chi connectivity index (χ0v) is 12.3. The number of aliphatic hydroxyl groups excluding tert-OH is 1. The van der Waals surface area contributed by atoms with Gasteiger partial charge in [-0.3, -0.25) is 0 Å². The van der Waals surface area contributed by atoms with Gasteiger partial charge < -0.3 is 25.1 Å². The van der Waals surface area contributed by atoms with Crippen LogP contribution in [-0.4, -0.2) is 49.7 Å². The van der Waals surface area contributed by atoms with Crippen LogP contribution in [0.4, 0.5) is 0 Å². The lowest BCUT2D eigenvalue weighted by molar-refractivity contribution is -0.103. The van der Waals surface area contributed by atoms with Crippen LogP contribution in [0.5, 0.6) is 5.75 Å². The molecule has 0 radical (unpaired) electrons. The van der Waals surface area contributed by atoms with Crippen molar-refractivity contribution in [2.24, 2.45) is 10.8 Å². The summed E-state index contributed by atoms with van der Waals surface area (Å²) >= 11 is 0. The molecular formula is C14H20N4O4. The van der Waals surface area contributed by atoms with Crippen molar-refractivity contribution in [1.29, 1.82) is 0 Å². The fourth-order valence-electron chi connectivity index (χ4n) is 2.27. The summed E-state index contributed by atoms with van der Waals surface area (Å²) in [6.07, 6.45) is -1.44. The maximum Gasteiger partial charge on any atom is 0.118 e. The Morgan fingerprint density at radius 2 is 2.18 bits per heavy atom. The number of hydrogen-bond acceptors (Lipinski definition) is 6. The van der Waals surface area contributed by atoms with E-state index in [2.05, 4.69) is 10.0 Å². The molecule has 4 atom stereocenters. The second kappa shape index (κ2) is 7.98. The molecule has 0 amide bonds. The Hall–Kier alpha value is -1.83. The topological polar surface area (TPSA) is 123 Å². The molecule has 0 spiro atoms. The molecule has 1 aliphatic heterocycles. The average molecular weight is 308 g/mol. The highest BCUT2D eigenvalue weighted by molar-refractivity contribution is 5.26. The van der Waals surface area contributed by atoms with Crippen LogP contribution < -0.4 is 10.5 Å². The van der Waals surface area contributed by atoms with Crippen molar-refractivity contribution in [3.8, 4) is 5.75 Å². The van der Waals surface area contributed by atoms with Gasteiger partial charge in [-0.25, -0.2) is 0 Å². The number of nitrogens with two attached hydrogens (primary N) is 1. The molecule has 8 heteroatoms. The Morgan fingerprint density at radius 3 is 2.82 bits per heavy atom. The van der Waals surface area contributed by atoms with Crippen molar-refractivity contribution in [1.82, 2.24) is 0 Å². The van der Waals surface area contributed by atoms with Crippen LogP contribution in [0.3, 0.4) is 0 Å². The first-order valence-corrected chi connectivity index (χ1v) is 6.96. The number of rotatable bonds is 6. The molecule has 8 nitrogen and oxygen atoms in total. The van der Waals surface area contributed by atoms with E-state index in [0.29, 0.717) is 6.61 Å². The van der Waals surface area contributed by atoms with E-state index in [1.807, 2.05) is 24.3 Å². The van der Waals surface area contributed by atoms with E-state index >= 15 is 0 Å². The highest BCUT2D eigenvalue weighted by Crippen LogP contribution is 2.19. The van der Waals surface area contributed by atoms with Crippen molar-refractivity contribution in [3.63, 3.8) is 0 Å². The van der Waals surface area contributed by atoms with Gasteiger partial charge in [-0.1, -0.05) is 17.2 Å². The maximum absolute atomic E-state index is 9.97. The van der Waals surface area contributed by atoms with E-state index in [1.54, 1.807) is 7.11 Å². The molecule has 120 valence electrons. The SMILES string of the molecule is COc1ccc(COCC2OCC(N)C(O)C2N=[N+]=[N-])cc1. The summed E-state index contributed by atoms with van der Waals surface area (Å²) in [5, 5.41) is 13.5. The first-order chi connectivity index (χ1) is 10.7. The summed E-state index contributed by atoms with van der Waals surface area (Å²) in [6.45, 7) is 0.795. The lowest BCUT2D eigenvalue weighted by Gasteiger charge is -2.36. The maximum atomic E-state index is 9.97. The normalized spacial score (nSPS) is 28.0. The zero-order valence-electron chi connectivity index (χ0n) is 12.3. The van der Waals surface area contributed by atoms with Gasteiger partial charge in [0.05, 0.1) is 51.2 Å². The van der Waals surface area contributed by atoms with E-state index in [1.165, 1.54) is 0 Å². The summed E-state index contributed by atoms with van der Waals surface area (Å²) in [6, 6.07) is 6.19. The quantitative estimate of drug-likeness (QED) is 0.460. The first-order valence-electron chi connectivity index (χ1n) is 6.96. The molecule has 1 aliphatic rings. The summed E-state index contributed by atoms with van der Waals surface area (Å²) in [4.78, 5) is 2.74. The number of methoxy groups -OCH3 is 1. The number of hydrogen-bond donors (Lipinski definition) is 2. The minimum absolute atomic E-state index is 0.204. The lowest BCUT2D eigenvalue weighted by atomic mass is 9.97. The van der Waals surface area contributed by atoms with E-state index in [0.717, 1.165) is 11.3 Å². The standard InChI is InChI=1S/C14H20N4O4/c1-20-10-4-2-9(3-5-10)6-21-8-12-13(17-18-16)14(19)11(15)7-22-12/h2-5,11-14,19H,6-8,15H2,1H3. The molecule has 0 saturated carbocycles. The van der Waals surface area contributed by atoms with Crippen LogP contribution in [0.25, 0.3) is 10.4 Å². The Morgan fingerprint density at radius 1 is 1.45 bits per heavy atom. The fourth-order valence-corrected chi connectivity index (χ4v) is 2.27. The molecule has 1 heterocycles. The molecule has 1 aromatic carbocycles. The number of benzene rings is 1. The monoisotopic (exact) mass is 308 g/mol. The van der Waals surface area contributed by atoms with Crippen molar-refractivity contribution >= 4 is 0 Å². The van der Waals surface area contributed by atoms with Crippen molar-refractivity contribution < 1.29 is 19.3 Å². The van der Waals surface area contributed by atoms with Crippen molar-refractivity contribution in [2.45, 2.75) is 30.9 Å². The predicted molar refractivity (Wildman–Crippen MR) is 79.3 cm³/mol. The second-order valence-electron chi connectivity index (χ2n) is 5.08. The molecule has 0 bridgehead atoms. The molecule has 22 heavy (non-hydrogen) atoms. The molecule has 0 aliphatic carbocycles. The summed E-state index contributed by atoms with van der Waals surface area (Å²) in [5.74, 6) is 0.778. The number of aliphatic hydroxyl groups is 1. The van der Waals surface area contributed by atoms with Gasteiger partial charge in [-0.05, 0) is 23.2 Å². The second-order valence-corrected chi connectivity index (χ2v) is 5.08. The molecule has 0 aromatic heterocycles. The van der Waals surface area contributed by atoms with Gasteiger partial charge in [0.1, 0.15) is 5.75 Å². The van der Waals surface area contributed by atoms with Crippen LogP contribution >= 0.6 is 0 Å². The number of nitrogens with zero attached hydrogens (tertiary/aromatic N) is 3. The predicted octanol–water partition coefficient (Wildman–Crippen LogP) is 0.978. The van der Waals surface area contributed by atoms with Gasteiger partial charge in [0, 0.05) is 4.91 Å². The molecule has 3 N–H and O–H groups in total. The van der Waals surface area contributed by atoms with Crippen molar-refractivity contribution in [3.05, 3.63) is 40.3 Å². The molecule has 2 rings (SSSR count). The van der Waals surface area contributed by atoms with E-state index in [9.17, 15) is 5.11 Å². The fraction of sp³-hybridized carbons (Fsp3) is 0.571. The van der Waals surface area contributed by atoms with Gasteiger partial charge in [-0.2, -0.15) is 0 Å². The van der Waals surface area contributed by atoms with E-state index in [-0.39, 0.29) is 13.2 Å². The van der Waals surface area contributed by atoms with Gasteiger partial charge in [-0.15, -0.1) is 0 Å². The smallest absolute Gasteiger partial charge is 0.118 e. The third-order valence-corrected chi connectivity index (χ3v) is 3.57. The van der Waals surface area contributed by atoms with Crippen LogP contribution in [0.2, 0.25) is 0 Å². The largest absolute Gasteiger partial charge is 0.497 e. The minimum atomic E-state index is -0.931. The first kappa shape index (κ1) is 16.5. The van der Waals surface area contributed by atoms with Crippen LogP contribution in [-0.2, 0) is 16.1 Å². The highest BCUT2D eigenvalue weighted by atomic mass is 16.5. The van der Waals surface area contributed by atoms with Gasteiger partial charge in [0.15, 0.2) is 0 Å². The third-order valence-electron chi connectivity index (χ3n) is 3.57. The van der Waals surface area contributed by atoms with E-state index < -0.39 is 24.3 Å². The summed E-state index contributed by atoms with van der Waals surface area (Å²) < 4.78 is 16.2. The number of ether oxygens (including phenoxy) is 3. The molecule has 1 fully saturated rings. The van der Waals surface area contributed by atoms with Gasteiger partial charge in [0.25, 0.3) is 0 Å². The van der Waals surface area contributed by atoms with Gasteiger partial charge in [0.2, 0.25) is 0 Å². The third kappa shape index (κ3) is 4.09. The molecular weight excluding hydrogens is 288 g/mol. The summed E-state index contributed by atoms with van der Waals surface area (Å²) in [7, 11) is 1.61. The Balaban J connectivity index is 1.87. The van der Waals surface area contributed by atoms with Crippen LogP contribution in [0.1, 0.15) is 5.56 Å². The molecule has 1 aromatic rings. The Kier molecular flexibility index (Phi) is 6.00. The molecule has 4 unspecified atom stereocenters.